The maximum Gasteiger partial charge on any atom is 0.330 e. The van der Waals surface area contributed by atoms with Crippen LogP contribution in [0.5, 0.6) is 0 Å². The number of thiophene rings is 1. The first-order valence-corrected chi connectivity index (χ1v) is 15.4. The number of carbonyl (C=O) groups is 6. The first-order valence-electron chi connectivity index (χ1n) is 13.7. The molecule has 5 rings (SSSR count). The van der Waals surface area contributed by atoms with Gasteiger partial charge in [-0.2, -0.15) is 0 Å². The maximum absolute atomic E-state index is 13.6. The molecule has 4 N–H and O–H groups in total. The van der Waals surface area contributed by atoms with Crippen molar-refractivity contribution in [2.75, 3.05) is 19.6 Å². The van der Waals surface area contributed by atoms with Gasteiger partial charge in [0.25, 0.3) is 5.91 Å². The summed E-state index contributed by atoms with van der Waals surface area (Å²) in [5.41, 5.74) is 5.43. The zero-order valence-electron chi connectivity index (χ0n) is 23.8. The second kappa shape index (κ2) is 11.6. The topological polar surface area (TPSA) is 171 Å². The van der Waals surface area contributed by atoms with Crippen LogP contribution in [-0.4, -0.2) is 91.8 Å². The Labute approximate surface area is 256 Å². The number of urea groups is 1. The van der Waals surface area contributed by atoms with Crippen LogP contribution in [0, 0.1) is 0 Å². The van der Waals surface area contributed by atoms with Crippen LogP contribution < -0.4 is 16.4 Å². The smallest absolute Gasteiger partial charge is 0.330 e. The van der Waals surface area contributed by atoms with Gasteiger partial charge in [-0.15, -0.1) is 23.1 Å². The second-order valence-corrected chi connectivity index (χ2v) is 13.6. The number of piperazine rings is 1. The van der Waals surface area contributed by atoms with Gasteiger partial charge in [0, 0.05) is 29.3 Å². The molecule has 0 bridgehead atoms. The van der Waals surface area contributed by atoms with E-state index in [-0.39, 0.29) is 19.7 Å². The van der Waals surface area contributed by atoms with Crippen molar-refractivity contribution in [1.82, 2.24) is 25.3 Å². The molecule has 43 heavy (non-hydrogen) atoms. The van der Waals surface area contributed by atoms with Gasteiger partial charge in [0.05, 0.1) is 0 Å². The Bertz CT molecular complexity index is 1450. The lowest BCUT2D eigenvalue weighted by atomic mass is 9.91. The van der Waals surface area contributed by atoms with E-state index in [1.54, 1.807) is 38.3 Å². The lowest BCUT2D eigenvalue weighted by molar-refractivity contribution is -0.171. The number of nitrogens with two attached hydrogens (primary N) is 1. The number of rotatable bonds is 8. The average molecular weight is 629 g/mol. The highest BCUT2D eigenvalue weighted by molar-refractivity contribution is 8.01. The molecule has 4 atom stereocenters. The number of hydrogen-bond donors (Lipinski definition) is 3. The Morgan fingerprint density at radius 1 is 1.07 bits per heavy atom. The molecule has 6 amide bonds. The van der Waals surface area contributed by atoms with Gasteiger partial charge in [-0.05, 0) is 37.8 Å². The van der Waals surface area contributed by atoms with Crippen molar-refractivity contribution in [3.63, 3.8) is 0 Å². The van der Waals surface area contributed by atoms with Gasteiger partial charge in [-0.3, -0.25) is 29.8 Å². The molecule has 1 aromatic carbocycles. The minimum Gasteiger partial charge on any atom is -0.459 e. The van der Waals surface area contributed by atoms with Crippen molar-refractivity contribution in [1.29, 1.82) is 0 Å². The fraction of sp³-hybridized carbons (Fsp3) is 0.429. The summed E-state index contributed by atoms with van der Waals surface area (Å²) in [4.78, 5) is 82.1. The molecule has 4 heterocycles. The third kappa shape index (κ3) is 5.47. The summed E-state index contributed by atoms with van der Waals surface area (Å²) >= 11 is 2.44. The fourth-order valence-corrected chi connectivity index (χ4v) is 7.72. The molecule has 0 aliphatic carbocycles. The third-order valence-corrected chi connectivity index (χ3v) is 10.2. The molecule has 3 aliphatic heterocycles. The summed E-state index contributed by atoms with van der Waals surface area (Å²) in [6.45, 7) is 5.82. The highest BCUT2D eigenvalue weighted by atomic mass is 32.2. The fourth-order valence-electron chi connectivity index (χ4n) is 5.36. The van der Waals surface area contributed by atoms with Crippen LogP contribution in [0.4, 0.5) is 4.79 Å². The number of β-lactam (4-membered cyclic amide) rings is 1. The molecule has 3 saturated heterocycles. The normalized spacial score (nSPS) is 25.1. The summed E-state index contributed by atoms with van der Waals surface area (Å²) in [7, 11) is 0. The standard InChI is InChI=1S/C28H32N6O7S2/c1-4-32-12-13-33(22(37)21(32)36)26(40)30-18(17-11-8-14-42-17)20(35)31-28(29)24(39)34-19(27(2,3)43-25(28)34)23(38)41-15-16-9-6-5-7-10-16/h5-11,14,18-19,25H,4,12-13,15,29H2,1-3H3,(H,30,40)(H,31,35)/t18?,19-,25+,28+/m0/s1. The monoisotopic (exact) mass is 628 g/mol. The van der Waals surface area contributed by atoms with Gasteiger partial charge in [-0.25, -0.2) is 9.59 Å². The zero-order valence-corrected chi connectivity index (χ0v) is 25.4. The molecule has 0 radical (unpaired) electrons. The molecular weight excluding hydrogens is 596 g/mol. The zero-order chi connectivity index (χ0) is 31.1. The number of hydrogen-bond acceptors (Lipinski definition) is 10. The van der Waals surface area contributed by atoms with Gasteiger partial charge < -0.3 is 25.2 Å². The van der Waals surface area contributed by atoms with Gasteiger partial charge in [0.2, 0.25) is 5.91 Å². The summed E-state index contributed by atoms with van der Waals surface area (Å²) in [6.07, 6.45) is 0. The summed E-state index contributed by atoms with van der Waals surface area (Å²) in [5.74, 6) is -3.84. The largest absolute Gasteiger partial charge is 0.459 e. The van der Waals surface area contributed by atoms with Crippen LogP contribution in [0.2, 0.25) is 0 Å². The first-order chi connectivity index (χ1) is 20.4. The van der Waals surface area contributed by atoms with Crippen molar-refractivity contribution >= 4 is 58.7 Å². The van der Waals surface area contributed by atoms with Crippen LogP contribution in [0.15, 0.2) is 47.8 Å². The van der Waals surface area contributed by atoms with Crippen LogP contribution in [0.1, 0.15) is 37.3 Å². The Balaban J connectivity index is 1.29. The lowest BCUT2D eigenvalue weighted by Crippen LogP contribution is -2.84. The molecular formula is C28H32N6O7S2. The van der Waals surface area contributed by atoms with E-state index in [0.717, 1.165) is 10.5 Å². The number of nitrogens with one attached hydrogen (secondary N) is 2. The molecule has 0 spiro atoms. The van der Waals surface area contributed by atoms with E-state index in [9.17, 15) is 28.8 Å². The van der Waals surface area contributed by atoms with Crippen molar-refractivity contribution in [2.24, 2.45) is 5.73 Å². The van der Waals surface area contributed by atoms with Crippen LogP contribution in [0.3, 0.4) is 0 Å². The second-order valence-electron chi connectivity index (χ2n) is 10.9. The maximum atomic E-state index is 13.6. The van der Waals surface area contributed by atoms with Gasteiger partial charge in [0.1, 0.15) is 24.1 Å². The number of esters is 1. The average Bonchev–Trinajstić information content (AvgIpc) is 3.61. The van der Waals surface area contributed by atoms with Crippen LogP contribution in [-0.2, 0) is 35.3 Å². The molecule has 3 aliphatic rings. The molecule has 1 unspecified atom stereocenters. The van der Waals surface area contributed by atoms with Crippen molar-refractivity contribution in [3.8, 4) is 0 Å². The van der Waals surface area contributed by atoms with Crippen molar-refractivity contribution in [3.05, 3.63) is 58.3 Å². The Morgan fingerprint density at radius 2 is 1.79 bits per heavy atom. The Hall–Kier alpha value is -3.95. The SMILES string of the molecule is CCN1CCN(C(=O)NC(C(=O)N[C@]2(N)C(=O)N3[C@@H](C(=O)OCc4ccccc4)C(C)(C)S[C@@H]32)c2cccs2)C(=O)C1=O. The van der Waals surface area contributed by atoms with E-state index < -0.39 is 63.5 Å². The van der Waals surface area contributed by atoms with E-state index in [4.69, 9.17) is 10.5 Å². The molecule has 228 valence electrons. The Kier molecular flexibility index (Phi) is 8.24. The number of imide groups is 1. The molecule has 15 heteroatoms. The number of fused-ring (bicyclic) bond motifs is 1. The Morgan fingerprint density at radius 3 is 2.44 bits per heavy atom. The number of nitrogens with zero attached hydrogens (tertiary/aromatic N) is 3. The molecule has 1 aromatic heterocycles. The van der Waals surface area contributed by atoms with Crippen LogP contribution >= 0.6 is 23.1 Å². The minimum atomic E-state index is -1.87. The van der Waals surface area contributed by atoms with E-state index in [1.165, 1.54) is 32.9 Å². The van der Waals surface area contributed by atoms with Gasteiger partial charge in [-0.1, -0.05) is 36.4 Å². The predicted octanol–water partition coefficient (Wildman–Crippen LogP) is 0.766. The number of carbonyl (C=O) groups excluding carboxylic acids is 6. The summed E-state index contributed by atoms with van der Waals surface area (Å²) in [6, 6.07) is 9.26. The summed E-state index contributed by atoms with van der Waals surface area (Å²) in [5, 5.41) is 6.03. The highest BCUT2D eigenvalue weighted by Crippen LogP contribution is 2.53. The van der Waals surface area contributed by atoms with E-state index in [0.29, 0.717) is 11.4 Å². The van der Waals surface area contributed by atoms with Gasteiger partial charge in [0.15, 0.2) is 5.66 Å². The van der Waals surface area contributed by atoms with E-state index >= 15 is 0 Å². The summed E-state index contributed by atoms with van der Waals surface area (Å²) < 4.78 is 4.75. The quantitative estimate of drug-likeness (QED) is 0.165. The minimum absolute atomic E-state index is 0.0349. The first kappa shape index (κ1) is 30.5. The number of benzene rings is 1. The molecule has 3 fully saturated rings. The lowest BCUT2D eigenvalue weighted by Gasteiger charge is -2.51. The molecule has 2 aromatic rings. The number of thioether (sulfide) groups is 1. The predicted molar refractivity (Wildman–Crippen MR) is 157 cm³/mol. The van der Waals surface area contributed by atoms with Crippen LogP contribution in [0.25, 0.3) is 0 Å². The molecule has 0 saturated carbocycles. The highest BCUT2D eigenvalue weighted by Gasteiger charge is 2.71. The third-order valence-electron chi connectivity index (χ3n) is 7.65. The van der Waals surface area contributed by atoms with Crippen molar-refractivity contribution in [2.45, 2.75) is 55.2 Å². The van der Waals surface area contributed by atoms with E-state index in [1.807, 2.05) is 30.3 Å². The number of likely N-dealkylation sites (N-methyl/N-ethyl adjacent to an activating group) is 1. The van der Waals surface area contributed by atoms with Crippen molar-refractivity contribution < 1.29 is 33.5 Å². The number of ether oxygens (including phenoxy) is 1. The number of amides is 6. The van der Waals surface area contributed by atoms with Gasteiger partial charge >= 0.3 is 23.8 Å². The van der Waals surface area contributed by atoms with E-state index in [2.05, 4.69) is 10.6 Å². The molecule has 13 nitrogen and oxygen atoms in total.